The van der Waals surface area contributed by atoms with E-state index in [1.54, 1.807) is 0 Å². The molecule has 1 saturated carbocycles. The molecule has 4 aliphatic rings. The van der Waals surface area contributed by atoms with Crippen molar-refractivity contribution in [1.29, 1.82) is 0 Å². The van der Waals surface area contributed by atoms with Crippen LogP contribution in [0.25, 0.3) is 0 Å². The highest BCUT2D eigenvalue weighted by Crippen LogP contribution is 2.71. The van der Waals surface area contributed by atoms with Crippen molar-refractivity contribution < 1.29 is 24.2 Å². The van der Waals surface area contributed by atoms with E-state index >= 15 is 0 Å². The number of cyclic esters (lactones) is 1. The lowest BCUT2D eigenvalue weighted by Gasteiger charge is -2.44. The van der Waals surface area contributed by atoms with Gasteiger partial charge in [-0.15, -0.1) is 0 Å². The summed E-state index contributed by atoms with van der Waals surface area (Å²) in [6.07, 6.45) is 3.59. The van der Waals surface area contributed by atoms with Crippen molar-refractivity contribution in [2.45, 2.75) is 32.3 Å². The molecule has 4 unspecified atom stereocenters. The van der Waals surface area contributed by atoms with Gasteiger partial charge in [-0.1, -0.05) is 19.9 Å². The fourth-order valence-corrected chi connectivity index (χ4v) is 5.08. The summed E-state index contributed by atoms with van der Waals surface area (Å²) in [6, 6.07) is 0. The monoisotopic (exact) mass is 278 g/mol. The molecule has 0 aromatic heterocycles. The Morgan fingerprint density at radius 2 is 2.15 bits per heavy atom. The molecule has 0 amide bonds. The summed E-state index contributed by atoms with van der Waals surface area (Å²) < 4.78 is 10.8. The van der Waals surface area contributed by atoms with E-state index in [0.717, 1.165) is 12.8 Å². The number of carboxylic acids is 1. The van der Waals surface area contributed by atoms with E-state index in [9.17, 15) is 14.7 Å². The van der Waals surface area contributed by atoms with Gasteiger partial charge in [-0.05, 0) is 24.2 Å². The van der Waals surface area contributed by atoms with Gasteiger partial charge in [0.15, 0.2) is 5.60 Å². The second-order valence-electron chi connectivity index (χ2n) is 7.39. The molecular formula is C15H18O5. The van der Waals surface area contributed by atoms with Crippen LogP contribution in [0.2, 0.25) is 0 Å². The molecule has 20 heavy (non-hydrogen) atoms. The van der Waals surface area contributed by atoms with Gasteiger partial charge < -0.3 is 14.6 Å². The maximum Gasteiger partial charge on any atom is 0.341 e. The lowest BCUT2D eigenvalue weighted by Crippen LogP contribution is -2.56. The summed E-state index contributed by atoms with van der Waals surface area (Å²) in [4.78, 5) is 23.7. The number of epoxide rings is 1. The molecule has 1 N–H and O–H groups in total. The average Bonchev–Trinajstić information content (AvgIpc) is 3.01. The van der Waals surface area contributed by atoms with Gasteiger partial charge in [0.1, 0.15) is 0 Å². The number of carbonyl (C=O) groups is 2. The number of rotatable bonds is 1. The fraction of sp³-hybridized carbons (Fsp3) is 0.733. The zero-order valence-electron chi connectivity index (χ0n) is 11.6. The maximum atomic E-state index is 12.2. The maximum absolute atomic E-state index is 12.2. The van der Waals surface area contributed by atoms with Crippen molar-refractivity contribution >= 4 is 11.9 Å². The molecule has 4 atom stereocenters. The van der Waals surface area contributed by atoms with Crippen molar-refractivity contribution in [2.75, 3.05) is 13.2 Å². The highest BCUT2D eigenvalue weighted by atomic mass is 16.6. The highest BCUT2D eigenvalue weighted by molar-refractivity contribution is 5.92. The number of carboxylic acid groups (broad SMARTS) is 1. The molecule has 3 fully saturated rings. The molecule has 4 rings (SSSR count). The van der Waals surface area contributed by atoms with E-state index in [-0.39, 0.29) is 29.8 Å². The minimum atomic E-state index is -0.893. The molecule has 108 valence electrons. The van der Waals surface area contributed by atoms with E-state index in [2.05, 4.69) is 13.8 Å². The molecule has 5 nitrogen and oxygen atoms in total. The van der Waals surface area contributed by atoms with Gasteiger partial charge in [-0.2, -0.15) is 0 Å². The molecule has 5 heteroatoms. The number of hydrogen-bond donors (Lipinski definition) is 1. The van der Waals surface area contributed by atoms with Gasteiger partial charge in [0, 0.05) is 16.9 Å². The molecule has 0 aromatic rings. The Morgan fingerprint density at radius 3 is 2.75 bits per heavy atom. The van der Waals surface area contributed by atoms with E-state index < -0.39 is 17.0 Å². The molecule has 2 heterocycles. The molecule has 0 radical (unpaired) electrons. The molecule has 0 bridgehead atoms. The third-order valence-electron chi connectivity index (χ3n) is 5.73. The Labute approximate surface area is 116 Å². The normalized spacial score (nSPS) is 47.5. The average molecular weight is 278 g/mol. The molecular weight excluding hydrogens is 260 g/mol. The summed E-state index contributed by atoms with van der Waals surface area (Å²) in [5, 5.41) is 9.44. The van der Waals surface area contributed by atoms with Crippen molar-refractivity contribution in [3.63, 3.8) is 0 Å². The summed E-state index contributed by atoms with van der Waals surface area (Å²) in [7, 11) is 0. The van der Waals surface area contributed by atoms with Crippen LogP contribution in [0, 0.1) is 22.7 Å². The van der Waals surface area contributed by atoms with Gasteiger partial charge in [-0.3, -0.25) is 0 Å². The summed E-state index contributed by atoms with van der Waals surface area (Å²) >= 11 is 0. The van der Waals surface area contributed by atoms with Crippen molar-refractivity contribution in [1.82, 2.24) is 0 Å². The number of hydrogen-bond acceptors (Lipinski definition) is 4. The van der Waals surface area contributed by atoms with Gasteiger partial charge >= 0.3 is 11.9 Å². The van der Waals surface area contributed by atoms with Crippen LogP contribution in [0.3, 0.4) is 0 Å². The fourth-order valence-electron chi connectivity index (χ4n) is 5.08. The largest absolute Gasteiger partial charge is 0.478 e. The van der Waals surface area contributed by atoms with Crippen molar-refractivity contribution in [3.8, 4) is 0 Å². The smallest absolute Gasteiger partial charge is 0.341 e. The Morgan fingerprint density at radius 1 is 1.45 bits per heavy atom. The highest BCUT2D eigenvalue weighted by Gasteiger charge is 2.79. The van der Waals surface area contributed by atoms with E-state index in [1.807, 2.05) is 6.08 Å². The van der Waals surface area contributed by atoms with Crippen molar-refractivity contribution in [3.05, 3.63) is 11.6 Å². The number of carbonyl (C=O) groups excluding carboxylic acids is 1. The number of esters is 1. The third kappa shape index (κ3) is 1.18. The van der Waals surface area contributed by atoms with Crippen molar-refractivity contribution in [2.24, 2.45) is 22.7 Å². The zero-order valence-corrected chi connectivity index (χ0v) is 11.6. The van der Waals surface area contributed by atoms with Crippen LogP contribution in [-0.2, 0) is 19.1 Å². The first-order valence-electron chi connectivity index (χ1n) is 7.09. The first kappa shape index (κ1) is 12.4. The Balaban J connectivity index is 1.88. The topological polar surface area (TPSA) is 76.1 Å². The minimum Gasteiger partial charge on any atom is -0.478 e. The molecule has 2 aliphatic carbocycles. The summed E-state index contributed by atoms with van der Waals surface area (Å²) in [6.45, 7) is 4.91. The molecule has 2 saturated heterocycles. The predicted octanol–water partition coefficient (Wildman–Crippen LogP) is 1.38. The van der Waals surface area contributed by atoms with Gasteiger partial charge in [0.2, 0.25) is 0 Å². The Kier molecular flexibility index (Phi) is 2.03. The molecule has 2 aliphatic heterocycles. The Hall–Kier alpha value is -1.36. The van der Waals surface area contributed by atoms with E-state index in [1.165, 1.54) is 0 Å². The number of allylic oxidation sites excluding steroid dienone is 1. The third-order valence-corrected chi connectivity index (χ3v) is 5.73. The standard InChI is InChI=1S/C15H18O5/c1-13(2)4-8-3-9(11(16)17)10-5-19-12(18)15(7-20-15)14(8,10)6-13/h3,8,10H,4-7H2,1-2H3,(H,16,17). The quantitative estimate of drug-likeness (QED) is 0.579. The lowest BCUT2D eigenvalue weighted by molar-refractivity contribution is -0.174. The SMILES string of the molecule is CC1(C)CC2C=C(C(=O)O)C3COC(=O)C4(CO4)C23C1. The number of ether oxygens (including phenoxy) is 2. The minimum absolute atomic E-state index is 0.0972. The van der Waals surface area contributed by atoms with Crippen LogP contribution < -0.4 is 0 Å². The van der Waals surface area contributed by atoms with Crippen LogP contribution >= 0.6 is 0 Å². The summed E-state index contributed by atoms with van der Waals surface area (Å²) in [5.41, 5.74) is -0.783. The van der Waals surface area contributed by atoms with Crippen LogP contribution in [0.1, 0.15) is 26.7 Å². The van der Waals surface area contributed by atoms with E-state index in [0.29, 0.717) is 12.2 Å². The van der Waals surface area contributed by atoms with Gasteiger partial charge in [0.05, 0.1) is 13.2 Å². The zero-order chi connectivity index (χ0) is 14.3. The van der Waals surface area contributed by atoms with Crippen LogP contribution in [-0.4, -0.2) is 35.9 Å². The first-order chi connectivity index (χ1) is 9.32. The van der Waals surface area contributed by atoms with Crippen LogP contribution in [0.5, 0.6) is 0 Å². The van der Waals surface area contributed by atoms with Gasteiger partial charge in [0.25, 0.3) is 0 Å². The Bertz CT molecular complexity index is 557. The van der Waals surface area contributed by atoms with Crippen LogP contribution in [0.4, 0.5) is 0 Å². The van der Waals surface area contributed by atoms with Gasteiger partial charge in [-0.25, -0.2) is 9.59 Å². The lowest BCUT2D eigenvalue weighted by atomic mass is 9.61. The molecule has 0 aromatic carbocycles. The first-order valence-corrected chi connectivity index (χ1v) is 7.09. The summed E-state index contributed by atoms with van der Waals surface area (Å²) in [5.74, 6) is -1.32. The second-order valence-corrected chi connectivity index (χ2v) is 7.39. The van der Waals surface area contributed by atoms with E-state index in [4.69, 9.17) is 9.47 Å². The molecule has 2 spiro atoms. The predicted molar refractivity (Wildman–Crippen MR) is 67.8 cm³/mol. The van der Waals surface area contributed by atoms with Crippen LogP contribution in [0.15, 0.2) is 11.6 Å². The number of aliphatic carboxylic acids is 1. The second kappa shape index (κ2) is 3.27.